The van der Waals surface area contributed by atoms with Gasteiger partial charge in [0.1, 0.15) is 6.17 Å². The van der Waals surface area contributed by atoms with E-state index in [1.165, 1.54) is 12.1 Å². The maximum atomic E-state index is 12.8. The van der Waals surface area contributed by atoms with E-state index >= 15 is 0 Å². The van der Waals surface area contributed by atoms with Crippen LogP contribution in [0.5, 0.6) is 0 Å². The smallest absolute Gasteiger partial charge is 0.258 e. The molecule has 2 aromatic carbocycles. The fourth-order valence-corrected chi connectivity index (χ4v) is 3.04. The molecule has 116 valence electrons. The Morgan fingerprint density at radius 1 is 1.09 bits per heavy atom. The van der Waals surface area contributed by atoms with Gasteiger partial charge in [0.2, 0.25) is 0 Å². The van der Waals surface area contributed by atoms with Crippen LogP contribution in [0.3, 0.4) is 0 Å². The van der Waals surface area contributed by atoms with Crippen molar-refractivity contribution in [2.24, 2.45) is 0 Å². The van der Waals surface area contributed by atoms with Crippen LogP contribution in [0.15, 0.2) is 48.5 Å². The summed E-state index contributed by atoms with van der Waals surface area (Å²) in [4.78, 5) is 25.6. The summed E-state index contributed by atoms with van der Waals surface area (Å²) in [5, 5.41) is 14.3. The summed E-state index contributed by atoms with van der Waals surface area (Å²) in [5.74, 6) is -1.18. The van der Waals surface area contributed by atoms with Crippen LogP contribution in [0.2, 0.25) is 0 Å². The molecule has 0 spiro atoms. The van der Waals surface area contributed by atoms with Crippen molar-refractivity contribution in [3.63, 3.8) is 0 Å². The second kappa shape index (κ2) is 5.12. The van der Waals surface area contributed by atoms with E-state index in [9.17, 15) is 14.7 Å². The molecule has 0 radical (unpaired) electrons. The molecule has 0 bridgehead atoms. The van der Waals surface area contributed by atoms with Crippen LogP contribution in [0.4, 0.5) is 5.69 Å². The highest BCUT2D eigenvalue weighted by molar-refractivity contribution is 6.02. The van der Waals surface area contributed by atoms with Gasteiger partial charge in [0.05, 0.1) is 11.5 Å². The van der Waals surface area contributed by atoms with Crippen LogP contribution < -0.4 is 10.4 Å². The zero-order valence-corrected chi connectivity index (χ0v) is 12.4. The minimum atomic E-state index is -1.20. The van der Waals surface area contributed by atoms with Gasteiger partial charge in [0.25, 0.3) is 5.91 Å². The van der Waals surface area contributed by atoms with Gasteiger partial charge in [-0.25, -0.2) is 0 Å². The lowest BCUT2D eigenvalue weighted by atomic mass is 10.0. The number of para-hydroxylation sites is 1. The minimum absolute atomic E-state index is 0.0239. The van der Waals surface area contributed by atoms with Crippen molar-refractivity contribution < 1.29 is 14.7 Å². The largest absolute Gasteiger partial charge is 0.545 e. The van der Waals surface area contributed by atoms with E-state index in [2.05, 4.69) is 5.32 Å². The van der Waals surface area contributed by atoms with Crippen molar-refractivity contribution in [2.45, 2.75) is 25.0 Å². The number of hydrogen-bond acceptors (Lipinski definition) is 4. The molecule has 5 heteroatoms. The topological polar surface area (TPSA) is 72.5 Å². The molecule has 2 aliphatic rings. The van der Waals surface area contributed by atoms with Crippen LogP contribution in [-0.4, -0.2) is 22.8 Å². The number of carbonyl (C=O) groups is 2. The van der Waals surface area contributed by atoms with Crippen LogP contribution in [0.1, 0.15) is 45.3 Å². The van der Waals surface area contributed by atoms with Gasteiger partial charge < -0.3 is 20.1 Å². The molecule has 1 aliphatic heterocycles. The Morgan fingerprint density at radius 2 is 1.78 bits per heavy atom. The summed E-state index contributed by atoms with van der Waals surface area (Å²) in [7, 11) is 0. The number of hydrogen-bond donors (Lipinski definition) is 1. The molecule has 0 unspecified atom stereocenters. The Labute approximate surface area is 133 Å². The predicted octanol–water partition coefficient (Wildman–Crippen LogP) is 1.78. The Balaban J connectivity index is 1.74. The van der Waals surface area contributed by atoms with E-state index in [0.717, 1.165) is 24.1 Å². The Hall–Kier alpha value is -2.82. The molecule has 1 amide bonds. The van der Waals surface area contributed by atoms with Crippen molar-refractivity contribution in [3.05, 3.63) is 65.2 Å². The monoisotopic (exact) mass is 307 g/mol. The molecule has 1 atom stereocenters. The molecule has 2 aromatic rings. The minimum Gasteiger partial charge on any atom is -0.545 e. The third-order valence-corrected chi connectivity index (χ3v) is 4.36. The average molecular weight is 307 g/mol. The SMILES string of the molecule is O=C([O-])c1ccc([C@@H]2Nc3ccccc3C(=O)N2C2CC2)cc1. The van der Waals surface area contributed by atoms with Gasteiger partial charge in [-0.05, 0) is 36.1 Å². The highest BCUT2D eigenvalue weighted by atomic mass is 16.4. The summed E-state index contributed by atoms with van der Waals surface area (Å²) < 4.78 is 0. The van der Waals surface area contributed by atoms with E-state index in [4.69, 9.17) is 0 Å². The summed E-state index contributed by atoms with van der Waals surface area (Å²) in [6.07, 6.45) is 1.73. The Kier molecular flexibility index (Phi) is 3.08. The molecule has 1 N–H and O–H groups in total. The summed E-state index contributed by atoms with van der Waals surface area (Å²) >= 11 is 0. The number of carbonyl (C=O) groups excluding carboxylic acids is 2. The molecule has 1 fully saturated rings. The first-order chi connectivity index (χ1) is 11.1. The Bertz CT molecular complexity index is 781. The van der Waals surface area contributed by atoms with Gasteiger partial charge in [0.15, 0.2) is 0 Å². The van der Waals surface area contributed by atoms with Crippen molar-refractivity contribution in [1.82, 2.24) is 4.90 Å². The van der Waals surface area contributed by atoms with E-state index in [-0.39, 0.29) is 23.7 Å². The highest BCUT2D eigenvalue weighted by Gasteiger charge is 2.41. The van der Waals surface area contributed by atoms with Crippen molar-refractivity contribution >= 4 is 17.6 Å². The first-order valence-electron chi connectivity index (χ1n) is 7.64. The second-order valence-corrected chi connectivity index (χ2v) is 5.95. The number of nitrogens with one attached hydrogen (secondary N) is 1. The first-order valence-corrected chi connectivity index (χ1v) is 7.64. The van der Waals surface area contributed by atoms with Gasteiger partial charge in [-0.1, -0.05) is 36.4 Å². The average Bonchev–Trinajstić information content (AvgIpc) is 3.39. The van der Waals surface area contributed by atoms with Crippen LogP contribution in [0, 0.1) is 0 Å². The molecule has 23 heavy (non-hydrogen) atoms. The molecule has 1 heterocycles. The second-order valence-electron chi connectivity index (χ2n) is 5.95. The zero-order chi connectivity index (χ0) is 16.0. The number of anilines is 1. The number of aromatic carboxylic acids is 1. The van der Waals surface area contributed by atoms with Crippen LogP contribution in [-0.2, 0) is 0 Å². The molecule has 1 saturated carbocycles. The number of fused-ring (bicyclic) bond motifs is 1. The van der Waals surface area contributed by atoms with Crippen molar-refractivity contribution in [1.29, 1.82) is 0 Å². The lowest BCUT2D eigenvalue weighted by Crippen LogP contribution is -2.44. The number of benzene rings is 2. The van der Waals surface area contributed by atoms with Gasteiger partial charge in [0, 0.05) is 11.7 Å². The third kappa shape index (κ3) is 2.34. The molecule has 0 aromatic heterocycles. The van der Waals surface area contributed by atoms with Gasteiger partial charge >= 0.3 is 0 Å². The lowest BCUT2D eigenvalue weighted by molar-refractivity contribution is -0.255. The first kappa shape index (κ1) is 13.8. The van der Waals surface area contributed by atoms with Gasteiger partial charge in [-0.15, -0.1) is 0 Å². The maximum absolute atomic E-state index is 12.8. The van der Waals surface area contributed by atoms with Gasteiger partial charge in [-0.3, -0.25) is 4.79 Å². The lowest BCUT2D eigenvalue weighted by Gasteiger charge is -2.38. The van der Waals surface area contributed by atoms with E-state index in [1.807, 2.05) is 29.2 Å². The fraction of sp³-hybridized carbons (Fsp3) is 0.222. The summed E-state index contributed by atoms with van der Waals surface area (Å²) in [5.41, 5.74) is 2.49. The molecular weight excluding hydrogens is 292 g/mol. The highest BCUT2D eigenvalue weighted by Crippen LogP contribution is 2.40. The van der Waals surface area contributed by atoms with Crippen LogP contribution in [0.25, 0.3) is 0 Å². The normalized spacial score (nSPS) is 19.9. The number of amides is 1. The molecule has 4 rings (SSSR count). The number of rotatable bonds is 3. The fourth-order valence-electron chi connectivity index (χ4n) is 3.04. The standard InChI is InChI=1S/C18H16N2O3/c21-17-14-3-1-2-4-15(14)19-16(20(17)13-9-10-13)11-5-7-12(8-6-11)18(22)23/h1-8,13,16,19H,9-10H2,(H,22,23)/p-1/t16-/m1/s1. The summed E-state index contributed by atoms with van der Waals surface area (Å²) in [6.45, 7) is 0. The summed E-state index contributed by atoms with van der Waals surface area (Å²) in [6, 6.07) is 14.2. The molecule has 5 nitrogen and oxygen atoms in total. The Morgan fingerprint density at radius 3 is 2.43 bits per heavy atom. The maximum Gasteiger partial charge on any atom is 0.258 e. The number of carboxylic acid groups (broad SMARTS) is 1. The number of carboxylic acids is 1. The van der Waals surface area contributed by atoms with Crippen molar-refractivity contribution in [3.8, 4) is 0 Å². The molecule has 0 saturated heterocycles. The zero-order valence-electron chi connectivity index (χ0n) is 12.4. The van der Waals surface area contributed by atoms with Crippen molar-refractivity contribution in [2.75, 3.05) is 5.32 Å². The van der Waals surface area contributed by atoms with E-state index in [1.54, 1.807) is 12.1 Å². The third-order valence-electron chi connectivity index (χ3n) is 4.36. The molecule has 1 aliphatic carbocycles. The van der Waals surface area contributed by atoms with E-state index in [0.29, 0.717) is 5.56 Å². The molecular formula is C18H15N2O3-. The van der Waals surface area contributed by atoms with Crippen LogP contribution >= 0.6 is 0 Å². The quantitative estimate of drug-likeness (QED) is 0.938. The predicted molar refractivity (Wildman–Crippen MR) is 82.8 cm³/mol. The van der Waals surface area contributed by atoms with Gasteiger partial charge in [-0.2, -0.15) is 0 Å². The number of nitrogens with zero attached hydrogens (tertiary/aromatic N) is 1. The van der Waals surface area contributed by atoms with E-state index < -0.39 is 5.97 Å².